The summed E-state index contributed by atoms with van der Waals surface area (Å²) in [7, 11) is 0. The van der Waals surface area contributed by atoms with Gasteiger partial charge in [-0.1, -0.05) is 78.9 Å². The van der Waals surface area contributed by atoms with Crippen molar-refractivity contribution >= 4 is 43.7 Å². The Balaban J connectivity index is 1.06. The van der Waals surface area contributed by atoms with E-state index in [-0.39, 0.29) is 0 Å². The van der Waals surface area contributed by atoms with Gasteiger partial charge >= 0.3 is 0 Å². The molecule has 5 aromatic carbocycles. The summed E-state index contributed by atoms with van der Waals surface area (Å²) in [6.07, 6.45) is 5.49. The van der Waals surface area contributed by atoms with E-state index in [0.717, 1.165) is 78.3 Å². The molecule has 0 aliphatic rings. The van der Waals surface area contributed by atoms with E-state index in [9.17, 15) is 0 Å². The monoisotopic (exact) mass is 716 g/mol. The third kappa shape index (κ3) is 5.27. The van der Waals surface area contributed by atoms with Gasteiger partial charge in [-0.15, -0.1) is 0 Å². The number of rotatable bonds is 6. The Morgan fingerprint density at radius 3 is 1.70 bits per heavy atom. The van der Waals surface area contributed by atoms with Crippen molar-refractivity contribution in [3.8, 4) is 56.4 Å². The van der Waals surface area contributed by atoms with Gasteiger partial charge < -0.3 is 9.13 Å². The first-order valence-corrected chi connectivity index (χ1v) is 18.7. The summed E-state index contributed by atoms with van der Waals surface area (Å²) in [5.74, 6) is 0. The Hall–Kier alpha value is -7.70. The second-order valence-electron chi connectivity index (χ2n) is 14.0. The van der Waals surface area contributed by atoms with Gasteiger partial charge in [0.15, 0.2) is 0 Å². The third-order valence-electron chi connectivity index (χ3n) is 10.7. The number of pyridine rings is 4. The maximum absolute atomic E-state index is 4.99. The summed E-state index contributed by atoms with van der Waals surface area (Å²) < 4.78 is 4.69. The first-order chi connectivity index (χ1) is 27.8. The number of benzene rings is 5. The van der Waals surface area contributed by atoms with Crippen molar-refractivity contribution in [1.82, 2.24) is 29.1 Å². The second-order valence-corrected chi connectivity index (χ2v) is 14.0. The van der Waals surface area contributed by atoms with Gasteiger partial charge in [0.1, 0.15) is 0 Å². The summed E-state index contributed by atoms with van der Waals surface area (Å²) >= 11 is 0. The highest BCUT2D eigenvalue weighted by atomic mass is 15.0. The molecule has 11 aromatic rings. The lowest BCUT2D eigenvalue weighted by molar-refractivity contribution is 1.17. The topological polar surface area (TPSA) is 61.4 Å². The van der Waals surface area contributed by atoms with Crippen LogP contribution in [-0.2, 0) is 0 Å². The van der Waals surface area contributed by atoms with Crippen LogP contribution in [0.1, 0.15) is 0 Å². The minimum atomic E-state index is 0.796. The van der Waals surface area contributed by atoms with Gasteiger partial charge in [0.2, 0.25) is 0 Å². The number of aromatic nitrogens is 6. The van der Waals surface area contributed by atoms with E-state index in [2.05, 4.69) is 153 Å². The molecule has 0 aliphatic heterocycles. The standard InChI is InChI=1S/C50H32N6/c1-2-13-37(14-3-1)55-46-19-5-4-16-39(46)40-23-21-35(32-49(40)55)34-22-24-47-41(29-34)50-48(20-11-27-53-50)56(47)38-15-10-12-33(28-38)36-30-44(42-17-6-8-25-51-42)54-45(31-36)43-18-7-9-26-52-43/h1-32H. The van der Waals surface area contributed by atoms with E-state index in [1.807, 2.05) is 48.7 Å². The van der Waals surface area contributed by atoms with Crippen LogP contribution in [0.3, 0.4) is 0 Å². The Labute approximate surface area is 322 Å². The van der Waals surface area contributed by atoms with Crippen LogP contribution in [0.25, 0.3) is 100 Å². The van der Waals surface area contributed by atoms with Crippen molar-refractivity contribution in [1.29, 1.82) is 0 Å². The van der Waals surface area contributed by atoms with Crippen molar-refractivity contribution in [2.45, 2.75) is 0 Å². The molecule has 0 fully saturated rings. The molecule has 11 rings (SSSR count). The molecule has 262 valence electrons. The first kappa shape index (κ1) is 31.8. The van der Waals surface area contributed by atoms with Crippen molar-refractivity contribution in [2.24, 2.45) is 0 Å². The Morgan fingerprint density at radius 1 is 0.304 bits per heavy atom. The van der Waals surface area contributed by atoms with Crippen LogP contribution in [-0.4, -0.2) is 29.1 Å². The van der Waals surface area contributed by atoms with Gasteiger partial charge in [0, 0.05) is 46.1 Å². The Morgan fingerprint density at radius 2 is 0.911 bits per heavy atom. The number of hydrogen-bond donors (Lipinski definition) is 0. The molecule has 0 unspecified atom stereocenters. The predicted octanol–water partition coefficient (Wildman–Crippen LogP) is 12.1. The zero-order chi connectivity index (χ0) is 37.0. The second kappa shape index (κ2) is 13.0. The van der Waals surface area contributed by atoms with Crippen molar-refractivity contribution in [3.05, 3.63) is 195 Å². The molecule has 0 radical (unpaired) electrons. The molecule has 6 heteroatoms. The third-order valence-corrected chi connectivity index (χ3v) is 10.7. The lowest BCUT2D eigenvalue weighted by atomic mass is 10.0. The highest BCUT2D eigenvalue weighted by Crippen LogP contribution is 2.38. The van der Waals surface area contributed by atoms with E-state index in [0.29, 0.717) is 0 Å². The van der Waals surface area contributed by atoms with Gasteiger partial charge in [0.05, 0.1) is 50.4 Å². The van der Waals surface area contributed by atoms with Crippen molar-refractivity contribution < 1.29 is 0 Å². The molecule has 0 saturated carbocycles. The fourth-order valence-electron chi connectivity index (χ4n) is 8.11. The summed E-state index contributed by atoms with van der Waals surface area (Å²) in [6, 6.07) is 61.8. The average molecular weight is 717 g/mol. The van der Waals surface area contributed by atoms with Crippen molar-refractivity contribution in [3.63, 3.8) is 0 Å². The highest BCUT2D eigenvalue weighted by molar-refractivity contribution is 6.11. The van der Waals surface area contributed by atoms with E-state index >= 15 is 0 Å². The number of fused-ring (bicyclic) bond motifs is 6. The lowest BCUT2D eigenvalue weighted by Crippen LogP contribution is -1.96. The van der Waals surface area contributed by atoms with Crippen LogP contribution in [0.5, 0.6) is 0 Å². The zero-order valence-electron chi connectivity index (χ0n) is 30.2. The molecule has 56 heavy (non-hydrogen) atoms. The molecular formula is C50H32N6. The van der Waals surface area contributed by atoms with E-state index in [1.165, 1.54) is 21.8 Å². The molecule has 0 aliphatic carbocycles. The van der Waals surface area contributed by atoms with Crippen LogP contribution in [0.4, 0.5) is 0 Å². The molecule has 0 bridgehead atoms. The minimum absolute atomic E-state index is 0.796. The van der Waals surface area contributed by atoms with E-state index in [1.54, 1.807) is 12.4 Å². The molecule has 0 spiro atoms. The summed E-state index contributed by atoms with van der Waals surface area (Å²) in [4.78, 5) is 19.2. The Kier molecular flexibility index (Phi) is 7.38. The largest absolute Gasteiger partial charge is 0.309 e. The number of para-hydroxylation sites is 2. The van der Waals surface area contributed by atoms with Crippen LogP contribution in [0.15, 0.2) is 195 Å². The lowest BCUT2D eigenvalue weighted by Gasteiger charge is -2.12. The fraction of sp³-hybridized carbons (Fsp3) is 0. The van der Waals surface area contributed by atoms with Gasteiger partial charge in [-0.2, -0.15) is 0 Å². The SMILES string of the molecule is c1ccc(-n2c3ccccc3c3ccc(-c4ccc5c(c4)c4ncccc4n5-c4cccc(-c5cc(-c6ccccn6)nc(-c6ccccn6)c5)c4)cc32)cc1. The minimum Gasteiger partial charge on any atom is -0.309 e. The highest BCUT2D eigenvalue weighted by Gasteiger charge is 2.18. The van der Waals surface area contributed by atoms with Gasteiger partial charge in [-0.3, -0.25) is 15.0 Å². The zero-order valence-corrected chi connectivity index (χ0v) is 30.2. The van der Waals surface area contributed by atoms with Gasteiger partial charge in [-0.05, 0) is 119 Å². The van der Waals surface area contributed by atoms with Crippen molar-refractivity contribution in [2.75, 3.05) is 0 Å². The summed E-state index contributed by atoms with van der Waals surface area (Å²) in [5.41, 5.74) is 15.3. The molecular weight excluding hydrogens is 685 g/mol. The molecule has 6 aromatic heterocycles. The molecule has 0 amide bonds. The number of nitrogens with zero attached hydrogens (tertiary/aromatic N) is 6. The van der Waals surface area contributed by atoms with Crippen LogP contribution < -0.4 is 0 Å². The molecule has 0 saturated heterocycles. The molecule has 6 heterocycles. The van der Waals surface area contributed by atoms with Crippen LogP contribution in [0.2, 0.25) is 0 Å². The molecule has 0 N–H and O–H groups in total. The molecule has 0 atom stereocenters. The normalized spacial score (nSPS) is 11.6. The smallest absolute Gasteiger partial charge is 0.0963 e. The quantitative estimate of drug-likeness (QED) is 0.172. The summed E-state index contributed by atoms with van der Waals surface area (Å²) in [5, 5.41) is 3.59. The van der Waals surface area contributed by atoms with Gasteiger partial charge in [0.25, 0.3) is 0 Å². The van der Waals surface area contributed by atoms with E-state index < -0.39 is 0 Å². The Bertz CT molecular complexity index is 3180. The average Bonchev–Trinajstić information content (AvgIpc) is 3.79. The van der Waals surface area contributed by atoms with E-state index in [4.69, 9.17) is 9.97 Å². The maximum Gasteiger partial charge on any atom is 0.0963 e. The van der Waals surface area contributed by atoms with Crippen LogP contribution >= 0.6 is 0 Å². The molecule has 6 nitrogen and oxygen atoms in total. The number of hydrogen-bond acceptors (Lipinski definition) is 4. The van der Waals surface area contributed by atoms with Gasteiger partial charge in [-0.25, -0.2) is 4.98 Å². The maximum atomic E-state index is 4.99. The predicted molar refractivity (Wildman–Crippen MR) is 228 cm³/mol. The summed E-state index contributed by atoms with van der Waals surface area (Å²) in [6.45, 7) is 0. The first-order valence-electron chi connectivity index (χ1n) is 18.7. The van der Waals surface area contributed by atoms with Crippen LogP contribution in [0, 0.1) is 0 Å². The fourth-order valence-corrected chi connectivity index (χ4v) is 8.11.